The Morgan fingerprint density at radius 1 is 0.370 bits per heavy atom. The third-order valence-electron chi connectivity index (χ3n) is 13.0. The highest BCUT2D eigenvalue weighted by Gasteiger charge is 2.16. The number of carbonyl (C=O) groups is 4. The Morgan fingerprint density at radius 3 is 0.863 bits per heavy atom. The molecule has 0 spiro atoms. The number of nitrogens with one attached hydrogen (secondary N) is 2. The molecule has 0 unspecified atom stereocenters. The van der Waals surface area contributed by atoms with Crippen LogP contribution in [-0.4, -0.2) is 83.6 Å². The van der Waals surface area contributed by atoms with Gasteiger partial charge in [-0.2, -0.15) is 0 Å². The lowest BCUT2D eigenvalue weighted by Crippen LogP contribution is -2.29. The summed E-state index contributed by atoms with van der Waals surface area (Å²) in [6.45, 7) is 10.7. The van der Waals surface area contributed by atoms with E-state index in [9.17, 15) is 19.2 Å². The van der Waals surface area contributed by atoms with Gasteiger partial charge in [0.05, 0.1) is 0 Å². The van der Waals surface area contributed by atoms with E-state index >= 15 is 0 Å². The Kier molecular flexibility index (Phi) is 65.6. The van der Waals surface area contributed by atoms with Crippen molar-refractivity contribution in [2.24, 2.45) is 23.3 Å². The maximum absolute atomic E-state index is 10.3. The van der Waals surface area contributed by atoms with E-state index < -0.39 is 23.9 Å². The van der Waals surface area contributed by atoms with Crippen LogP contribution in [0.15, 0.2) is 48.6 Å². The van der Waals surface area contributed by atoms with Gasteiger partial charge in [-0.1, -0.05) is 172 Å². The lowest BCUT2D eigenvalue weighted by molar-refractivity contribution is -0.138. The van der Waals surface area contributed by atoms with Crippen LogP contribution in [0.1, 0.15) is 264 Å². The third kappa shape index (κ3) is 73.0. The summed E-state index contributed by atoms with van der Waals surface area (Å²) in [5.41, 5.74) is 9.81. The second-order valence-corrected chi connectivity index (χ2v) is 20.1. The molecule has 2 rings (SSSR count). The molecule has 0 radical (unpaired) electrons. The lowest BCUT2D eigenvalue weighted by atomic mass is 9.87. The van der Waals surface area contributed by atoms with Crippen molar-refractivity contribution in [2.75, 3.05) is 39.3 Å². The molecular formula is C61H116N4O8. The first-order chi connectivity index (χ1) is 35.5. The first-order valence-corrected chi connectivity index (χ1v) is 29.8. The van der Waals surface area contributed by atoms with Gasteiger partial charge in [0.1, 0.15) is 0 Å². The zero-order valence-corrected chi connectivity index (χ0v) is 47.2. The lowest BCUT2D eigenvalue weighted by Gasteiger charge is -2.25. The van der Waals surface area contributed by atoms with Crippen molar-refractivity contribution in [2.45, 2.75) is 264 Å². The van der Waals surface area contributed by atoms with Gasteiger partial charge >= 0.3 is 23.9 Å². The molecule has 2 aliphatic rings. The van der Waals surface area contributed by atoms with E-state index in [1.165, 1.54) is 161 Å². The molecule has 2 heterocycles. The van der Waals surface area contributed by atoms with Crippen LogP contribution in [0.4, 0.5) is 0 Å². The maximum Gasteiger partial charge on any atom is 0.303 e. The van der Waals surface area contributed by atoms with E-state index in [0.717, 1.165) is 102 Å². The molecule has 2 saturated heterocycles. The number of nitrogens with two attached hydrogens (primary N) is 2. The highest BCUT2D eigenvalue weighted by Crippen LogP contribution is 2.24. The summed E-state index contributed by atoms with van der Waals surface area (Å²) < 4.78 is 0. The first-order valence-electron chi connectivity index (χ1n) is 29.8. The molecule has 0 aliphatic carbocycles. The van der Waals surface area contributed by atoms with Gasteiger partial charge in [-0.05, 0) is 154 Å². The second-order valence-electron chi connectivity index (χ2n) is 20.1. The summed E-state index contributed by atoms with van der Waals surface area (Å²) in [6.07, 6.45) is 60.5. The molecule has 428 valence electrons. The Labute approximate surface area is 447 Å². The highest BCUT2D eigenvalue weighted by molar-refractivity contribution is 5.67. The number of piperidine rings is 2. The van der Waals surface area contributed by atoms with Gasteiger partial charge in [0.15, 0.2) is 0 Å². The third-order valence-corrected chi connectivity index (χ3v) is 13.0. The second kappa shape index (κ2) is 64.8. The highest BCUT2D eigenvalue weighted by atomic mass is 16.4. The van der Waals surface area contributed by atoms with E-state index in [4.69, 9.17) is 31.9 Å². The van der Waals surface area contributed by atoms with Crippen LogP contribution in [0.5, 0.6) is 0 Å². The molecule has 0 atom stereocenters. The number of allylic oxidation sites excluding steroid dienone is 8. The molecule has 0 aromatic rings. The molecule has 2 aliphatic heterocycles. The van der Waals surface area contributed by atoms with E-state index in [2.05, 4.69) is 73.1 Å². The molecule has 0 saturated carbocycles. The molecule has 0 amide bonds. The summed E-state index contributed by atoms with van der Waals surface area (Å²) in [4.78, 5) is 40.9. The molecule has 2 fully saturated rings. The summed E-state index contributed by atoms with van der Waals surface area (Å²) >= 11 is 0. The van der Waals surface area contributed by atoms with Crippen molar-refractivity contribution >= 4 is 23.9 Å². The fraction of sp³-hybridized carbons (Fsp3) is 0.803. The largest absolute Gasteiger partial charge is 0.481 e. The van der Waals surface area contributed by atoms with Crippen molar-refractivity contribution in [3.05, 3.63) is 48.6 Å². The van der Waals surface area contributed by atoms with Crippen LogP contribution < -0.4 is 22.1 Å². The molecule has 0 aromatic carbocycles. The minimum absolute atomic E-state index is 0.245. The average Bonchev–Trinajstić information content (AvgIpc) is 3.38. The van der Waals surface area contributed by atoms with Gasteiger partial charge in [-0.3, -0.25) is 19.2 Å². The number of carboxylic acids is 4. The minimum atomic E-state index is -0.740. The molecule has 12 nitrogen and oxygen atoms in total. The summed E-state index contributed by atoms with van der Waals surface area (Å²) in [5, 5.41) is 40.6. The predicted octanol–water partition coefficient (Wildman–Crippen LogP) is 15.1. The summed E-state index contributed by atoms with van der Waals surface area (Å²) in [5.74, 6) is -0.751. The molecular weight excluding hydrogens is 917 g/mol. The summed E-state index contributed by atoms with van der Waals surface area (Å²) in [7, 11) is 0. The number of rotatable bonds is 42. The molecule has 12 heteroatoms. The maximum atomic E-state index is 10.3. The monoisotopic (exact) mass is 1030 g/mol. The van der Waals surface area contributed by atoms with Crippen LogP contribution in [-0.2, 0) is 19.2 Å². The van der Waals surface area contributed by atoms with Crippen molar-refractivity contribution in [1.82, 2.24) is 10.6 Å². The smallest absolute Gasteiger partial charge is 0.303 e. The fourth-order valence-electron chi connectivity index (χ4n) is 8.47. The van der Waals surface area contributed by atoms with Crippen molar-refractivity contribution < 1.29 is 39.6 Å². The molecule has 0 bridgehead atoms. The van der Waals surface area contributed by atoms with Crippen molar-refractivity contribution in [3.63, 3.8) is 0 Å². The average molecular weight is 1030 g/mol. The number of unbranched alkanes of at least 4 members (excludes halogenated alkanes) is 21. The van der Waals surface area contributed by atoms with Crippen LogP contribution in [0, 0.1) is 11.8 Å². The van der Waals surface area contributed by atoms with Crippen LogP contribution >= 0.6 is 0 Å². The fourth-order valence-corrected chi connectivity index (χ4v) is 8.47. The molecule has 10 N–H and O–H groups in total. The van der Waals surface area contributed by atoms with Gasteiger partial charge in [0, 0.05) is 38.8 Å². The van der Waals surface area contributed by atoms with Crippen molar-refractivity contribution in [3.8, 4) is 0 Å². The van der Waals surface area contributed by atoms with E-state index in [-0.39, 0.29) is 12.8 Å². The minimum Gasteiger partial charge on any atom is -0.481 e. The topological polar surface area (TPSA) is 225 Å². The van der Waals surface area contributed by atoms with Gasteiger partial charge < -0.3 is 42.5 Å². The quantitative estimate of drug-likeness (QED) is 0.0211. The number of hydrogen-bond acceptors (Lipinski definition) is 8. The number of carboxylic acid groups (broad SMARTS) is 4. The van der Waals surface area contributed by atoms with E-state index in [1.54, 1.807) is 0 Å². The van der Waals surface area contributed by atoms with Crippen LogP contribution in [0.25, 0.3) is 0 Å². The zero-order chi connectivity index (χ0) is 54.4. The Morgan fingerprint density at radius 2 is 0.616 bits per heavy atom. The van der Waals surface area contributed by atoms with Gasteiger partial charge in [-0.25, -0.2) is 0 Å². The van der Waals surface area contributed by atoms with Crippen molar-refractivity contribution in [1.29, 1.82) is 0 Å². The molecule has 73 heavy (non-hydrogen) atoms. The Balaban J connectivity index is -0.000000880. The van der Waals surface area contributed by atoms with Crippen LogP contribution in [0.3, 0.4) is 0 Å². The normalized spacial score (nSPS) is 14.0. The predicted molar refractivity (Wildman–Crippen MR) is 309 cm³/mol. The van der Waals surface area contributed by atoms with Gasteiger partial charge in [0.25, 0.3) is 0 Å². The summed E-state index contributed by atoms with van der Waals surface area (Å²) in [6, 6.07) is 0. The number of aliphatic carboxylic acids is 4. The first kappa shape index (κ1) is 73.9. The van der Waals surface area contributed by atoms with Gasteiger partial charge in [-0.15, -0.1) is 0 Å². The van der Waals surface area contributed by atoms with Crippen LogP contribution in [0.2, 0.25) is 0 Å². The van der Waals surface area contributed by atoms with E-state index in [1.807, 2.05) is 0 Å². The standard InChI is InChI=1S/2C18H32O2.C13H26N2.C10H18O4.C2H8N2/c2*1-2-3-4-5-6-7-8-9-10-11-12-13-14-15-16-17-18(19)20;1(2-12-4-8-14-9-5-12)3-13-6-10-15-11-7-13;11-9(12)7-5-3-1-2-4-6-8-10(13)14;3-1-2-4/h2*6-7,9-10H,2-5,8,11-17H2,1H3,(H,19,20);12-15H,1-11H2;1-8H2,(H,11,12)(H,13,14);1-4H2/b2*7-6-,10-9-;;;. The SMILES string of the molecule is C(CC1CCNCC1)CC1CCNCC1.CCCCC/C=C\C/C=C\CCCCCCCC(=O)O.CCCCC/C=C\C/C=C\CCCCCCCC(=O)O.NCCN.O=C(O)CCCCCCCCC(=O)O. The van der Waals surface area contributed by atoms with E-state index in [0.29, 0.717) is 25.9 Å². The molecule has 0 aromatic heterocycles. The Hall–Kier alpha value is -3.32. The zero-order valence-electron chi connectivity index (χ0n) is 47.2. The van der Waals surface area contributed by atoms with Gasteiger partial charge in [0.2, 0.25) is 0 Å². The number of hydrogen-bond donors (Lipinski definition) is 8. The Bertz CT molecular complexity index is 1200.